The third-order valence-corrected chi connectivity index (χ3v) is 3.05. The molecule has 3 aromatic rings. The Labute approximate surface area is 104 Å². The predicted octanol–water partition coefficient (Wildman–Crippen LogP) is 4.64. The lowest BCUT2D eigenvalue weighted by atomic mass is 10.0. The fourth-order valence-electron chi connectivity index (χ4n) is 2.28. The van der Waals surface area contributed by atoms with E-state index < -0.39 is 0 Å². The van der Waals surface area contributed by atoms with Crippen molar-refractivity contribution in [1.82, 2.24) is 4.98 Å². The van der Waals surface area contributed by atoms with Crippen LogP contribution in [0.25, 0.3) is 32.1 Å². The maximum atomic E-state index is 8.62. The van der Waals surface area contributed by atoms with Crippen molar-refractivity contribution in [3.05, 3.63) is 58.5 Å². The zero-order chi connectivity index (χ0) is 12.5. The van der Waals surface area contributed by atoms with E-state index >= 15 is 0 Å². The summed E-state index contributed by atoms with van der Waals surface area (Å²) in [5.74, 6) is 0.436. The second-order valence-corrected chi connectivity index (χ2v) is 4.14. The molecule has 4 heteroatoms. The van der Waals surface area contributed by atoms with Crippen LogP contribution in [0, 0.1) is 6.92 Å². The summed E-state index contributed by atoms with van der Waals surface area (Å²) in [7, 11) is 0. The van der Waals surface area contributed by atoms with E-state index in [0.29, 0.717) is 5.82 Å². The van der Waals surface area contributed by atoms with Crippen LogP contribution in [0.4, 0.5) is 5.82 Å². The van der Waals surface area contributed by atoms with E-state index in [9.17, 15) is 0 Å². The standard InChI is InChI=1S/C14H10N4/c1-9-5-4-8-12-13(9)10-6-2-3-7-11(10)14(16-12)17-18-15/h2-8H,1H3. The van der Waals surface area contributed by atoms with E-state index in [1.54, 1.807) is 0 Å². The molecule has 0 bridgehead atoms. The topological polar surface area (TPSA) is 61.7 Å². The fraction of sp³-hybridized carbons (Fsp3) is 0.0714. The summed E-state index contributed by atoms with van der Waals surface area (Å²) in [5.41, 5.74) is 10.7. The van der Waals surface area contributed by atoms with Gasteiger partial charge in [-0.15, -0.1) is 0 Å². The molecule has 0 unspecified atom stereocenters. The summed E-state index contributed by atoms with van der Waals surface area (Å²) < 4.78 is 0. The van der Waals surface area contributed by atoms with Gasteiger partial charge in [0.2, 0.25) is 0 Å². The van der Waals surface area contributed by atoms with Gasteiger partial charge >= 0.3 is 0 Å². The van der Waals surface area contributed by atoms with Crippen molar-refractivity contribution >= 4 is 27.5 Å². The monoisotopic (exact) mass is 234 g/mol. The highest BCUT2D eigenvalue weighted by Gasteiger charge is 2.07. The number of aromatic nitrogens is 1. The van der Waals surface area contributed by atoms with Crippen LogP contribution in [-0.4, -0.2) is 4.98 Å². The Balaban J connectivity index is 2.62. The van der Waals surface area contributed by atoms with E-state index in [-0.39, 0.29) is 0 Å². The van der Waals surface area contributed by atoms with Gasteiger partial charge in [-0.05, 0) is 34.6 Å². The van der Waals surface area contributed by atoms with E-state index in [2.05, 4.69) is 28.0 Å². The van der Waals surface area contributed by atoms with Crippen LogP contribution in [-0.2, 0) is 0 Å². The molecule has 0 N–H and O–H groups in total. The van der Waals surface area contributed by atoms with Gasteiger partial charge in [0.05, 0.1) is 5.52 Å². The third kappa shape index (κ3) is 1.48. The zero-order valence-electron chi connectivity index (χ0n) is 9.83. The maximum Gasteiger partial charge on any atom is 0.135 e. The van der Waals surface area contributed by atoms with Gasteiger partial charge in [-0.25, -0.2) is 4.98 Å². The van der Waals surface area contributed by atoms with Crippen LogP contribution in [0.5, 0.6) is 0 Å². The Morgan fingerprint density at radius 2 is 1.83 bits per heavy atom. The van der Waals surface area contributed by atoms with Crippen LogP contribution >= 0.6 is 0 Å². The van der Waals surface area contributed by atoms with Crippen molar-refractivity contribution in [3.8, 4) is 0 Å². The summed E-state index contributed by atoms with van der Waals surface area (Å²) in [6.07, 6.45) is 0. The van der Waals surface area contributed by atoms with Crippen molar-refractivity contribution in [2.24, 2.45) is 5.11 Å². The number of benzene rings is 2. The molecule has 0 saturated carbocycles. The first-order valence-electron chi connectivity index (χ1n) is 5.64. The van der Waals surface area contributed by atoms with Crippen LogP contribution in [0.1, 0.15) is 5.56 Å². The molecule has 18 heavy (non-hydrogen) atoms. The fourth-order valence-corrected chi connectivity index (χ4v) is 2.28. The molecule has 0 aliphatic carbocycles. The number of azide groups is 1. The average Bonchev–Trinajstić information content (AvgIpc) is 2.39. The van der Waals surface area contributed by atoms with Crippen molar-refractivity contribution in [2.75, 3.05) is 0 Å². The minimum absolute atomic E-state index is 0.436. The zero-order valence-corrected chi connectivity index (χ0v) is 9.83. The predicted molar refractivity (Wildman–Crippen MR) is 72.8 cm³/mol. The largest absolute Gasteiger partial charge is 0.245 e. The number of fused-ring (bicyclic) bond motifs is 3. The van der Waals surface area contributed by atoms with Gasteiger partial charge in [0.25, 0.3) is 0 Å². The summed E-state index contributed by atoms with van der Waals surface area (Å²) in [6, 6.07) is 13.8. The molecule has 0 spiro atoms. The smallest absolute Gasteiger partial charge is 0.135 e. The second kappa shape index (κ2) is 4.02. The Hall–Kier alpha value is -2.58. The number of hydrogen-bond donors (Lipinski definition) is 0. The van der Waals surface area contributed by atoms with Crippen molar-refractivity contribution < 1.29 is 0 Å². The number of rotatable bonds is 1. The molecule has 0 fully saturated rings. The number of nitrogens with zero attached hydrogens (tertiary/aromatic N) is 4. The molecule has 0 aliphatic heterocycles. The Morgan fingerprint density at radius 3 is 2.61 bits per heavy atom. The van der Waals surface area contributed by atoms with Gasteiger partial charge in [0.15, 0.2) is 0 Å². The molecule has 1 heterocycles. The van der Waals surface area contributed by atoms with Gasteiger partial charge in [0.1, 0.15) is 5.82 Å². The molecule has 0 radical (unpaired) electrons. The minimum Gasteiger partial charge on any atom is -0.245 e. The first-order chi connectivity index (χ1) is 8.81. The molecule has 3 rings (SSSR count). The Bertz CT molecular complexity index is 801. The van der Waals surface area contributed by atoms with Gasteiger partial charge < -0.3 is 0 Å². The lowest BCUT2D eigenvalue weighted by Crippen LogP contribution is -1.86. The molecule has 0 saturated heterocycles. The van der Waals surface area contributed by atoms with Crippen LogP contribution < -0.4 is 0 Å². The van der Waals surface area contributed by atoms with Crippen LogP contribution in [0.15, 0.2) is 47.6 Å². The normalized spacial score (nSPS) is 10.5. The molecule has 2 aromatic carbocycles. The Kier molecular flexibility index (Phi) is 2.36. The van der Waals surface area contributed by atoms with E-state index in [0.717, 1.165) is 21.7 Å². The van der Waals surface area contributed by atoms with Gasteiger partial charge in [-0.2, -0.15) is 0 Å². The number of aryl methyl sites for hydroxylation is 1. The summed E-state index contributed by atoms with van der Waals surface area (Å²) >= 11 is 0. The van der Waals surface area contributed by atoms with Gasteiger partial charge in [-0.1, -0.05) is 36.4 Å². The molecule has 0 atom stereocenters. The molecule has 0 amide bonds. The first kappa shape index (κ1) is 10.6. The minimum atomic E-state index is 0.436. The quantitative estimate of drug-likeness (QED) is 0.262. The summed E-state index contributed by atoms with van der Waals surface area (Å²) in [6.45, 7) is 2.06. The molecule has 4 nitrogen and oxygen atoms in total. The molecular weight excluding hydrogens is 224 g/mol. The first-order valence-corrected chi connectivity index (χ1v) is 5.64. The van der Waals surface area contributed by atoms with E-state index in [1.165, 1.54) is 5.56 Å². The van der Waals surface area contributed by atoms with Crippen molar-refractivity contribution in [1.29, 1.82) is 0 Å². The highest BCUT2D eigenvalue weighted by Crippen LogP contribution is 2.32. The van der Waals surface area contributed by atoms with Crippen LogP contribution in [0.2, 0.25) is 0 Å². The molecular formula is C14H10N4. The highest BCUT2D eigenvalue weighted by atomic mass is 15.2. The molecule has 1 aromatic heterocycles. The van der Waals surface area contributed by atoms with Crippen molar-refractivity contribution in [3.63, 3.8) is 0 Å². The average molecular weight is 234 g/mol. The lowest BCUT2D eigenvalue weighted by Gasteiger charge is -2.08. The van der Waals surface area contributed by atoms with Crippen LogP contribution in [0.3, 0.4) is 0 Å². The van der Waals surface area contributed by atoms with Gasteiger partial charge in [-0.3, -0.25) is 0 Å². The molecule has 0 aliphatic rings. The maximum absolute atomic E-state index is 8.62. The lowest BCUT2D eigenvalue weighted by molar-refractivity contribution is 1.33. The van der Waals surface area contributed by atoms with E-state index in [4.69, 9.17) is 5.53 Å². The third-order valence-electron chi connectivity index (χ3n) is 3.05. The second-order valence-electron chi connectivity index (χ2n) is 4.14. The summed E-state index contributed by atoms with van der Waals surface area (Å²) in [5, 5.41) is 6.76. The SMILES string of the molecule is Cc1cccc2nc(N=[N+]=[N-])c3ccccc3c12. The van der Waals surface area contributed by atoms with E-state index in [1.807, 2.05) is 36.4 Å². The van der Waals surface area contributed by atoms with Gasteiger partial charge in [0, 0.05) is 15.7 Å². The number of hydrogen-bond acceptors (Lipinski definition) is 2. The summed E-state index contributed by atoms with van der Waals surface area (Å²) in [4.78, 5) is 7.28. The number of pyridine rings is 1. The van der Waals surface area contributed by atoms with Crippen molar-refractivity contribution in [2.45, 2.75) is 6.92 Å². The molecule has 86 valence electrons. The Morgan fingerprint density at radius 1 is 1.06 bits per heavy atom. The highest BCUT2D eigenvalue weighted by molar-refractivity contribution is 6.10.